The first kappa shape index (κ1) is 24.4. The fourth-order valence-corrected chi connectivity index (χ4v) is 5.30. The molecule has 1 unspecified atom stereocenters. The Morgan fingerprint density at radius 3 is 2.38 bits per heavy atom. The number of aliphatic hydroxyl groups is 1. The lowest BCUT2D eigenvalue weighted by atomic mass is 9.73. The van der Waals surface area contributed by atoms with Crippen molar-refractivity contribution in [1.29, 1.82) is 5.41 Å². The minimum atomic E-state index is -0.693. The van der Waals surface area contributed by atoms with Gasteiger partial charge in [-0.1, -0.05) is 48.0 Å². The summed E-state index contributed by atoms with van der Waals surface area (Å²) in [6, 6.07) is 22.5. The number of benzene rings is 3. The van der Waals surface area contributed by atoms with Gasteiger partial charge in [-0.15, -0.1) is 0 Å². The quantitative estimate of drug-likeness (QED) is 0.392. The van der Waals surface area contributed by atoms with Gasteiger partial charge in [-0.25, -0.2) is 0 Å². The molecule has 2 aliphatic rings. The molecule has 2 N–H and O–H groups in total. The third-order valence-electron chi connectivity index (χ3n) is 7.10. The van der Waals surface area contributed by atoms with Crippen LogP contribution in [0.2, 0.25) is 0 Å². The van der Waals surface area contributed by atoms with E-state index in [4.69, 9.17) is 9.47 Å². The maximum atomic E-state index is 13.7. The second-order valence-electron chi connectivity index (χ2n) is 9.33. The predicted molar refractivity (Wildman–Crippen MR) is 146 cm³/mol. The lowest BCUT2D eigenvalue weighted by molar-refractivity contribution is -0.116. The summed E-state index contributed by atoms with van der Waals surface area (Å²) in [4.78, 5) is 15.5. The molecular weight excluding hydrogens is 464 g/mol. The van der Waals surface area contributed by atoms with E-state index in [1.165, 1.54) is 0 Å². The van der Waals surface area contributed by atoms with Crippen molar-refractivity contribution in [2.45, 2.75) is 32.1 Å². The standard InChI is InChI=1S/C31H30N2O4/c1-19-12-14-20(15-13-19)30(35)29-27(23-18-22(36-2)16-17-26(23)37-3)28-24(10-7-11-25(28)34)33(31(29)32)21-8-5-4-6-9-21/h4-6,8-9,12-18,27,32,35H,7,10-11H2,1-3H3/b30-29+,32-31?. The summed E-state index contributed by atoms with van der Waals surface area (Å²) in [5.74, 6) is 0.581. The summed E-state index contributed by atoms with van der Waals surface area (Å²) < 4.78 is 11.3. The number of hydrogen-bond acceptors (Lipinski definition) is 5. The number of ether oxygens (including phenoxy) is 2. The number of rotatable bonds is 5. The molecule has 0 aromatic heterocycles. The highest BCUT2D eigenvalue weighted by Crippen LogP contribution is 2.50. The number of nitrogens with zero attached hydrogens (tertiary/aromatic N) is 1. The number of ketones is 1. The number of para-hydroxylation sites is 1. The molecule has 3 aromatic rings. The summed E-state index contributed by atoms with van der Waals surface area (Å²) in [6.45, 7) is 1.98. The summed E-state index contributed by atoms with van der Waals surface area (Å²) in [5, 5.41) is 21.2. The van der Waals surface area contributed by atoms with Gasteiger partial charge >= 0.3 is 0 Å². The van der Waals surface area contributed by atoms with Crippen molar-refractivity contribution in [3.8, 4) is 11.5 Å². The smallest absolute Gasteiger partial charge is 0.161 e. The van der Waals surface area contributed by atoms with Crippen LogP contribution in [0, 0.1) is 12.3 Å². The SMILES string of the molecule is COc1ccc(OC)c(C2C3=C(CCCC3=O)N(c3ccccc3)C(=N)/C2=C(/O)c2ccc(C)cc2)c1. The van der Waals surface area contributed by atoms with Crippen LogP contribution in [0.15, 0.2) is 89.6 Å². The maximum Gasteiger partial charge on any atom is 0.161 e. The summed E-state index contributed by atoms with van der Waals surface area (Å²) in [5.41, 5.74) is 4.83. The van der Waals surface area contributed by atoms with Gasteiger partial charge in [-0.05, 0) is 50.1 Å². The van der Waals surface area contributed by atoms with Gasteiger partial charge in [-0.3, -0.25) is 15.1 Å². The summed E-state index contributed by atoms with van der Waals surface area (Å²) in [6.07, 6.45) is 1.77. The number of aliphatic hydroxyl groups excluding tert-OH is 1. The molecule has 0 fully saturated rings. The molecule has 0 saturated heterocycles. The Labute approximate surface area is 217 Å². The first-order chi connectivity index (χ1) is 17.9. The van der Waals surface area contributed by atoms with Gasteiger partial charge < -0.3 is 14.6 Å². The third-order valence-corrected chi connectivity index (χ3v) is 7.10. The Hall–Kier alpha value is -4.32. The maximum absolute atomic E-state index is 13.7. The highest BCUT2D eigenvalue weighted by atomic mass is 16.5. The fraction of sp³-hybridized carbons (Fsp3) is 0.226. The molecule has 6 heteroatoms. The topological polar surface area (TPSA) is 82.9 Å². The molecule has 1 heterocycles. The Morgan fingerprint density at radius 2 is 1.70 bits per heavy atom. The first-order valence-electron chi connectivity index (χ1n) is 12.4. The van der Waals surface area contributed by atoms with Crippen LogP contribution >= 0.6 is 0 Å². The number of hydrogen-bond donors (Lipinski definition) is 2. The minimum absolute atomic E-state index is 0.0127. The van der Waals surface area contributed by atoms with Gasteiger partial charge in [0.2, 0.25) is 0 Å². The van der Waals surface area contributed by atoms with Crippen molar-refractivity contribution in [1.82, 2.24) is 0 Å². The first-order valence-corrected chi connectivity index (χ1v) is 12.4. The van der Waals surface area contributed by atoms with Crippen LogP contribution in [0.4, 0.5) is 5.69 Å². The molecule has 0 bridgehead atoms. The third kappa shape index (κ3) is 4.29. The van der Waals surface area contributed by atoms with Crippen molar-refractivity contribution in [2.75, 3.05) is 19.1 Å². The van der Waals surface area contributed by atoms with E-state index in [9.17, 15) is 15.3 Å². The number of carbonyl (C=O) groups is 1. The number of Topliss-reactive ketones (excluding diaryl/α,β-unsaturated/α-hetero) is 1. The van der Waals surface area contributed by atoms with Crippen molar-refractivity contribution in [3.63, 3.8) is 0 Å². The molecule has 188 valence electrons. The number of amidine groups is 1. The zero-order chi connectivity index (χ0) is 26.1. The van der Waals surface area contributed by atoms with E-state index < -0.39 is 5.92 Å². The summed E-state index contributed by atoms with van der Waals surface area (Å²) in [7, 11) is 3.17. The van der Waals surface area contributed by atoms with E-state index in [1.54, 1.807) is 26.4 Å². The van der Waals surface area contributed by atoms with Crippen molar-refractivity contribution in [3.05, 3.63) is 106 Å². The lowest BCUT2D eigenvalue weighted by Crippen LogP contribution is -2.42. The number of allylic oxidation sites excluding steroid dienone is 2. The average Bonchev–Trinajstić information content (AvgIpc) is 2.92. The Morgan fingerprint density at radius 1 is 0.973 bits per heavy atom. The molecule has 1 aliphatic heterocycles. The Bertz CT molecular complexity index is 1420. The predicted octanol–water partition coefficient (Wildman–Crippen LogP) is 6.57. The zero-order valence-electron chi connectivity index (χ0n) is 21.2. The molecule has 0 amide bonds. The van der Waals surface area contributed by atoms with E-state index in [1.807, 2.05) is 72.5 Å². The van der Waals surface area contributed by atoms with Crippen LogP contribution in [0.5, 0.6) is 11.5 Å². The molecule has 0 saturated carbocycles. The lowest BCUT2D eigenvalue weighted by Gasteiger charge is -2.42. The molecule has 1 atom stereocenters. The van der Waals surface area contributed by atoms with Gasteiger partial charge in [0.25, 0.3) is 0 Å². The molecule has 3 aromatic carbocycles. The van der Waals surface area contributed by atoms with E-state index >= 15 is 0 Å². The van der Waals surface area contributed by atoms with E-state index in [0.717, 1.165) is 16.9 Å². The molecule has 0 spiro atoms. The highest BCUT2D eigenvalue weighted by molar-refractivity contribution is 6.19. The van der Waals surface area contributed by atoms with Crippen LogP contribution in [-0.2, 0) is 4.79 Å². The Balaban J connectivity index is 1.87. The number of anilines is 1. The number of aryl methyl sites for hydroxylation is 1. The largest absolute Gasteiger partial charge is 0.507 e. The minimum Gasteiger partial charge on any atom is -0.507 e. The van der Waals surface area contributed by atoms with E-state index in [0.29, 0.717) is 53.0 Å². The van der Waals surface area contributed by atoms with Crippen LogP contribution in [0.1, 0.15) is 41.9 Å². The van der Waals surface area contributed by atoms with E-state index in [-0.39, 0.29) is 17.4 Å². The normalized spacial score (nSPS) is 19.0. The molecular formula is C31H30N2O4. The van der Waals surface area contributed by atoms with Gasteiger partial charge in [0, 0.05) is 40.1 Å². The molecule has 0 radical (unpaired) electrons. The number of methoxy groups -OCH3 is 2. The molecule has 1 aliphatic carbocycles. The van der Waals surface area contributed by atoms with Gasteiger partial charge in [0.05, 0.1) is 20.1 Å². The fourth-order valence-electron chi connectivity index (χ4n) is 5.30. The second kappa shape index (κ2) is 9.97. The van der Waals surface area contributed by atoms with Crippen molar-refractivity contribution < 1.29 is 19.4 Å². The van der Waals surface area contributed by atoms with Crippen molar-refractivity contribution >= 4 is 23.1 Å². The van der Waals surface area contributed by atoms with Crippen LogP contribution in [0.25, 0.3) is 5.76 Å². The molecule has 37 heavy (non-hydrogen) atoms. The highest BCUT2D eigenvalue weighted by Gasteiger charge is 2.44. The number of carbonyl (C=O) groups excluding carboxylic acids is 1. The Kier molecular flexibility index (Phi) is 6.57. The van der Waals surface area contributed by atoms with Gasteiger partial charge in [-0.2, -0.15) is 0 Å². The van der Waals surface area contributed by atoms with Crippen LogP contribution in [0.3, 0.4) is 0 Å². The monoisotopic (exact) mass is 494 g/mol. The number of nitrogens with one attached hydrogen (secondary N) is 1. The van der Waals surface area contributed by atoms with E-state index in [2.05, 4.69) is 0 Å². The second-order valence-corrected chi connectivity index (χ2v) is 9.33. The zero-order valence-corrected chi connectivity index (χ0v) is 21.2. The van der Waals surface area contributed by atoms with Gasteiger partial charge in [0.1, 0.15) is 23.1 Å². The van der Waals surface area contributed by atoms with Crippen molar-refractivity contribution in [2.24, 2.45) is 0 Å². The summed E-state index contributed by atoms with van der Waals surface area (Å²) >= 11 is 0. The van der Waals surface area contributed by atoms with Crippen LogP contribution < -0.4 is 14.4 Å². The molecule has 5 rings (SSSR count). The van der Waals surface area contributed by atoms with Gasteiger partial charge in [0.15, 0.2) is 5.78 Å². The average molecular weight is 495 g/mol. The molecule has 6 nitrogen and oxygen atoms in total. The van der Waals surface area contributed by atoms with Crippen LogP contribution in [-0.4, -0.2) is 30.9 Å².